The molecule has 0 spiro atoms. The van der Waals surface area contributed by atoms with Gasteiger partial charge in [0.15, 0.2) is 5.82 Å². The Balaban J connectivity index is 0.00000342. The molecule has 0 amide bonds. The van der Waals surface area contributed by atoms with E-state index in [1.807, 2.05) is 19.1 Å². The molecule has 12 heteroatoms. The van der Waals surface area contributed by atoms with Crippen molar-refractivity contribution in [2.75, 3.05) is 6.61 Å². The van der Waals surface area contributed by atoms with E-state index in [0.29, 0.717) is 23.5 Å². The summed E-state index contributed by atoms with van der Waals surface area (Å²) in [4.78, 5) is 12.4. The number of halogens is 3. The molecule has 0 saturated heterocycles. The smallest absolute Gasteiger partial charge is 0.151 e. The van der Waals surface area contributed by atoms with Crippen LogP contribution < -0.4 is 11.5 Å². The van der Waals surface area contributed by atoms with Crippen molar-refractivity contribution in [1.29, 1.82) is 0 Å². The molecule has 3 rings (SSSR count). The molecule has 37 heavy (non-hydrogen) atoms. The molecular formula is C25H30ClCrF2N5O3. The van der Waals surface area contributed by atoms with Crippen LogP contribution in [0, 0.1) is 24.0 Å². The summed E-state index contributed by atoms with van der Waals surface area (Å²) in [5.41, 5.74) is 14.0. The fourth-order valence-electron chi connectivity index (χ4n) is 3.21. The van der Waals surface area contributed by atoms with Crippen LogP contribution in [0.4, 0.5) is 8.78 Å². The third kappa shape index (κ3) is 8.62. The minimum Gasteiger partial charge on any atom is -0.486 e. The van der Waals surface area contributed by atoms with E-state index >= 15 is 0 Å². The molecule has 200 valence electrons. The maximum Gasteiger partial charge on any atom is 0.151 e. The van der Waals surface area contributed by atoms with Gasteiger partial charge in [-0.05, 0) is 38.3 Å². The van der Waals surface area contributed by atoms with Gasteiger partial charge in [-0.3, -0.25) is 9.97 Å². The zero-order chi connectivity index (χ0) is 25.6. The van der Waals surface area contributed by atoms with Crippen LogP contribution in [-0.2, 0) is 35.1 Å². The monoisotopic (exact) mass is 573 g/mol. The molecule has 2 heterocycles. The Bertz CT molecular complexity index is 1210. The Kier molecular flexibility index (Phi) is 12.4. The van der Waals surface area contributed by atoms with Gasteiger partial charge in [-0.25, -0.2) is 13.8 Å². The van der Waals surface area contributed by atoms with Gasteiger partial charge in [0.1, 0.15) is 29.7 Å². The van der Waals surface area contributed by atoms with Crippen molar-refractivity contribution in [3.63, 3.8) is 0 Å². The van der Waals surface area contributed by atoms with Crippen LogP contribution in [0.25, 0.3) is 5.03 Å². The second-order valence-corrected chi connectivity index (χ2v) is 8.85. The number of aromatic nitrogens is 2. The van der Waals surface area contributed by atoms with Crippen molar-refractivity contribution in [2.24, 2.45) is 21.9 Å². The molecule has 1 saturated carbocycles. The van der Waals surface area contributed by atoms with Crippen molar-refractivity contribution >= 4 is 22.5 Å². The number of aryl methyl sites for hydroxylation is 1. The van der Waals surface area contributed by atoms with Gasteiger partial charge in [-0.15, -0.1) is 0 Å². The van der Waals surface area contributed by atoms with E-state index < -0.39 is 11.6 Å². The average molecular weight is 574 g/mol. The summed E-state index contributed by atoms with van der Waals surface area (Å²) < 4.78 is 32.8. The molecule has 0 aliphatic heterocycles. The normalized spacial score (nSPS) is 15.5. The molecule has 0 unspecified atom stereocenters. The van der Waals surface area contributed by atoms with Crippen LogP contribution in [0.5, 0.6) is 0 Å². The molecule has 7 N–H and O–H groups in total. The van der Waals surface area contributed by atoms with Crippen LogP contribution in [0.2, 0.25) is 0 Å². The van der Waals surface area contributed by atoms with Gasteiger partial charge in [-0.2, -0.15) is 0 Å². The van der Waals surface area contributed by atoms with Gasteiger partial charge in [0.05, 0.1) is 23.3 Å². The molecule has 1 aliphatic carbocycles. The van der Waals surface area contributed by atoms with Crippen molar-refractivity contribution in [2.45, 2.75) is 39.7 Å². The molecular weight excluding hydrogens is 544 g/mol. The van der Waals surface area contributed by atoms with Crippen LogP contribution in [0.1, 0.15) is 42.3 Å². The summed E-state index contributed by atoms with van der Waals surface area (Å²) in [6.07, 6.45) is 9.67. The maximum absolute atomic E-state index is 14.0. The number of hydrogen-bond acceptors (Lipinski definition) is 6. The molecule has 0 radical (unpaired) electrons. The Hall–Kier alpha value is -2.81. The molecule has 2 aromatic rings. The first-order valence-corrected chi connectivity index (χ1v) is 11.3. The van der Waals surface area contributed by atoms with Crippen molar-refractivity contribution < 1.29 is 41.5 Å². The summed E-state index contributed by atoms with van der Waals surface area (Å²) in [6, 6.07) is 2.55. The number of pyridine rings is 2. The quantitative estimate of drug-likeness (QED) is 0.171. The van der Waals surface area contributed by atoms with Crippen LogP contribution in [0.3, 0.4) is 0 Å². The Morgan fingerprint density at radius 3 is 2.54 bits per heavy atom. The maximum atomic E-state index is 14.0. The van der Waals surface area contributed by atoms with Crippen LogP contribution in [0.15, 0.2) is 59.3 Å². The first-order valence-electron chi connectivity index (χ1n) is 11.0. The van der Waals surface area contributed by atoms with E-state index in [9.17, 15) is 13.9 Å². The second-order valence-electron chi connectivity index (χ2n) is 8.47. The fraction of sp³-hybridized carbons (Fsp3) is 0.320. The fourth-order valence-corrected chi connectivity index (χ4v) is 3.52. The zero-order valence-corrected chi connectivity index (χ0v) is 22.5. The summed E-state index contributed by atoms with van der Waals surface area (Å²) in [7, 11) is 0. The summed E-state index contributed by atoms with van der Waals surface area (Å²) in [5.74, 6) is -0.958. The summed E-state index contributed by atoms with van der Waals surface area (Å²) >= 11 is 6.67. The van der Waals surface area contributed by atoms with Crippen LogP contribution in [-0.4, -0.2) is 33.0 Å². The molecule has 0 aromatic carbocycles. The van der Waals surface area contributed by atoms with Crippen molar-refractivity contribution in [3.8, 4) is 0 Å². The number of allylic oxidation sites excluding steroid dienone is 3. The second kappa shape index (κ2) is 14.2. The Labute approximate surface area is 230 Å². The number of aliphatic hydroxyl groups is 1. The third-order valence-corrected chi connectivity index (χ3v) is 5.96. The van der Waals surface area contributed by atoms with Gasteiger partial charge in [0, 0.05) is 65.3 Å². The Morgan fingerprint density at radius 2 is 1.95 bits per heavy atom. The van der Waals surface area contributed by atoms with Crippen molar-refractivity contribution in [3.05, 3.63) is 88.5 Å². The molecule has 0 atom stereocenters. The molecule has 1 aliphatic rings. The average Bonchev–Trinajstić information content (AvgIpc) is 3.62. The largest absolute Gasteiger partial charge is 0.486 e. The minimum absolute atomic E-state index is 0. The van der Waals surface area contributed by atoms with E-state index in [-0.39, 0.29) is 58.0 Å². The predicted molar refractivity (Wildman–Crippen MR) is 135 cm³/mol. The number of aliphatic imine (C=N–C) groups is 1. The number of nitrogens with zero attached hydrogens (tertiary/aromatic N) is 3. The summed E-state index contributed by atoms with van der Waals surface area (Å²) in [6.45, 7) is 3.23. The first kappa shape index (κ1) is 32.2. The number of amidine groups is 1. The minimum atomic E-state index is -0.821. The number of aliphatic hydroxyl groups excluding tert-OH is 1. The number of ether oxygens (including phenoxy) is 1. The summed E-state index contributed by atoms with van der Waals surface area (Å²) in [5, 5.41) is 9.68. The number of rotatable bonds is 10. The number of nitrogens with two attached hydrogens (primary N) is 2. The third-order valence-electron chi connectivity index (χ3n) is 5.57. The van der Waals surface area contributed by atoms with Gasteiger partial charge < -0.3 is 26.8 Å². The Morgan fingerprint density at radius 1 is 1.24 bits per heavy atom. The molecule has 2 aromatic heterocycles. The van der Waals surface area contributed by atoms with E-state index in [1.54, 1.807) is 19.3 Å². The van der Waals surface area contributed by atoms with E-state index in [4.69, 9.17) is 27.8 Å². The number of hydrogen-bond donors (Lipinski definition) is 3. The van der Waals surface area contributed by atoms with Gasteiger partial charge in [-0.1, -0.05) is 17.7 Å². The van der Waals surface area contributed by atoms with Gasteiger partial charge in [0.25, 0.3) is 0 Å². The first-order chi connectivity index (χ1) is 16.6. The van der Waals surface area contributed by atoms with E-state index in [0.717, 1.165) is 36.4 Å². The SMILES string of the molecule is C/C(N)=C/C(OCc1ncc(F)cc1F)=C(/Cl)c1cc(C/C=C\N=C(N)C2(CO)CC2)ncc1C.O.[Cr]. The molecule has 1 fully saturated rings. The standard InChI is InChI=1S/C25H28ClF2N5O2.Cr.H2O/c1-15-11-32-18(4-3-7-31-24(30)25(14-34)5-6-25)10-19(15)23(26)22(8-16(2)29)35-13-21-20(28)9-17(27)12-33-21;;/h3,7-12,34H,4-6,13-14,29H2,1-2H3,(H2,30,31);;1H2/b7-3-,16-8-,23-22-;;. The molecule has 0 bridgehead atoms. The van der Waals surface area contributed by atoms with E-state index in [1.165, 1.54) is 6.08 Å². The topological polar surface area (TPSA) is 151 Å². The van der Waals surface area contributed by atoms with Crippen molar-refractivity contribution in [1.82, 2.24) is 9.97 Å². The van der Waals surface area contributed by atoms with E-state index in [2.05, 4.69) is 15.0 Å². The van der Waals surface area contributed by atoms with Crippen LogP contribution >= 0.6 is 11.6 Å². The van der Waals surface area contributed by atoms with Gasteiger partial charge >= 0.3 is 0 Å². The predicted octanol–water partition coefficient (Wildman–Crippen LogP) is 3.41. The molecule has 8 nitrogen and oxygen atoms in total. The van der Waals surface area contributed by atoms with Gasteiger partial charge in [0.2, 0.25) is 0 Å². The zero-order valence-electron chi connectivity index (χ0n) is 20.5.